The molecule has 38 heavy (non-hydrogen) atoms. The number of imidazole rings is 1. The highest BCUT2D eigenvalue weighted by atomic mass is 32.1. The molecule has 6 aromatic heterocycles. The predicted molar refractivity (Wildman–Crippen MR) is 144 cm³/mol. The van der Waals surface area contributed by atoms with Gasteiger partial charge in [0.15, 0.2) is 16.6 Å². The van der Waals surface area contributed by atoms with Gasteiger partial charge in [-0.2, -0.15) is 9.49 Å². The van der Waals surface area contributed by atoms with Crippen LogP contribution in [0.15, 0.2) is 55.2 Å². The zero-order chi connectivity index (χ0) is 25.6. The molecule has 6 heterocycles. The van der Waals surface area contributed by atoms with Gasteiger partial charge in [0.1, 0.15) is 11.2 Å². The number of anilines is 1. The van der Waals surface area contributed by atoms with Crippen molar-refractivity contribution in [3.05, 3.63) is 60.4 Å². The molecule has 0 saturated heterocycles. The summed E-state index contributed by atoms with van der Waals surface area (Å²) in [6.45, 7) is 0. The minimum absolute atomic E-state index is 0.0520. The quantitative estimate of drug-likeness (QED) is 0.256. The Bertz CT molecular complexity index is 1820. The average Bonchev–Trinajstić information content (AvgIpc) is 3.74. The summed E-state index contributed by atoms with van der Waals surface area (Å²) in [5.74, 6) is 0.697. The molecule has 9 nitrogen and oxygen atoms in total. The molecule has 1 fully saturated rings. The van der Waals surface area contributed by atoms with Crippen molar-refractivity contribution in [2.75, 3.05) is 5.32 Å². The second kappa shape index (κ2) is 9.10. The number of aromatic amines is 2. The summed E-state index contributed by atoms with van der Waals surface area (Å²) in [6, 6.07) is 7.04. The molecule has 0 spiro atoms. The Morgan fingerprint density at radius 1 is 1.03 bits per heavy atom. The minimum atomic E-state index is -0.261. The molecule has 11 heteroatoms. The maximum atomic E-state index is 13.7. The van der Waals surface area contributed by atoms with Gasteiger partial charge in [0.05, 0.1) is 29.0 Å². The number of thiophene rings is 1. The summed E-state index contributed by atoms with van der Waals surface area (Å²) in [7, 11) is 0. The predicted octanol–water partition coefficient (Wildman–Crippen LogP) is 5.95. The van der Waals surface area contributed by atoms with E-state index in [-0.39, 0.29) is 17.0 Å². The Labute approximate surface area is 219 Å². The minimum Gasteiger partial charge on any atom is -0.335 e. The second-order valence-electron chi connectivity index (χ2n) is 9.40. The normalized spacial score (nSPS) is 14.0. The topological polar surface area (TPSA) is 125 Å². The monoisotopic (exact) mass is 524 g/mol. The summed E-state index contributed by atoms with van der Waals surface area (Å²) < 4.78 is 13.7. The lowest BCUT2D eigenvalue weighted by Crippen LogP contribution is -2.20. The maximum Gasteiger partial charge on any atom is 0.227 e. The standard InChI is InChI=1S/C27H21FN8OS/c28-22-6-5-21(38-22)19-12-30-13-20-23(19)34-26(33-20)24-18-8-16(10-31-25(18)36-35-24)15-7-17(11-29-9-15)32-27(37)14-3-1-2-4-14/h5-14H,1-4H2,(H,32,37)(H,33,34)(H,31,35,36). The Kier molecular flexibility index (Phi) is 5.43. The van der Waals surface area contributed by atoms with Crippen molar-refractivity contribution in [3.8, 4) is 33.1 Å². The van der Waals surface area contributed by atoms with E-state index < -0.39 is 0 Å². The van der Waals surface area contributed by atoms with Crippen LogP contribution >= 0.6 is 11.3 Å². The van der Waals surface area contributed by atoms with Crippen molar-refractivity contribution in [1.82, 2.24) is 35.1 Å². The van der Waals surface area contributed by atoms with E-state index in [1.165, 1.54) is 6.07 Å². The van der Waals surface area contributed by atoms with Gasteiger partial charge >= 0.3 is 0 Å². The van der Waals surface area contributed by atoms with Crippen LogP contribution in [0, 0.1) is 11.0 Å². The molecular formula is C27H21FN8OS. The molecule has 7 rings (SSSR count). The van der Waals surface area contributed by atoms with Crippen molar-refractivity contribution in [1.29, 1.82) is 0 Å². The van der Waals surface area contributed by atoms with Crippen molar-refractivity contribution in [2.45, 2.75) is 25.7 Å². The Balaban J connectivity index is 1.24. The van der Waals surface area contributed by atoms with Crippen LogP contribution in [0.5, 0.6) is 0 Å². The molecule has 0 aliphatic heterocycles. The molecule has 188 valence electrons. The average molecular weight is 525 g/mol. The number of amides is 1. The van der Waals surface area contributed by atoms with E-state index in [0.29, 0.717) is 28.4 Å². The van der Waals surface area contributed by atoms with E-state index in [1.807, 2.05) is 12.1 Å². The van der Waals surface area contributed by atoms with Crippen LogP contribution in [0.3, 0.4) is 0 Å². The third-order valence-corrected chi connectivity index (χ3v) is 7.85. The highest BCUT2D eigenvalue weighted by Gasteiger charge is 2.23. The van der Waals surface area contributed by atoms with Crippen LogP contribution in [0.25, 0.3) is 55.2 Å². The Morgan fingerprint density at radius 3 is 2.71 bits per heavy atom. The molecular weight excluding hydrogens is 503 g/mol. The molecule has 3 N–H and O–H groups in total. The van der Waals surface area contributed by atoms with Crippen LogP contribution in [0.4, 0.5) is 10.1 Å². The van der Waals surface area contributed by atoms with Crippen molar-refractivity contribution < 1.29 is 9.18 Å². The first kappa shape index (κ1) is 22.7. The summed E-state index contributed by atoms with van der Waals surface area (Å²) in [5, 5.41) is 10.9. The molecule has 1 amide bonds. The summed E-state index contributed by atoms with van der Waals surface area (Å²) in [5.41, 5.74) is 5.71. The molecule has 1 aliphatic rings. The molecule has 0 atom stereocenters. The number of fused-ring (bicyclic) bond motifs is 2. The first-order chi connectivity index (χ1) is 18.6. The number of hydrogen-bond donors (Lipinski definition) is 3. The molecule has 0 aromatic carbocycles. The smallest absolute Gasteiger partial charge is 0.227 e. The van der Waals surface area contributed by atoms with Gasteiger partial charge in [-0.1, -0.05) is 12.8 Å². The molecule has 1 aliphatic carbocycles. The van der Waals surface area contributed by atoms with Gasteiger partial charge in [-0.15, -0.1) is 11.3 Å². The van der Waals surface area contributed by atoms with E-state index in [9.17, 15) is 9.18 Å². The Morgan fingerprint density at radius 2 is 1.87 bits per heavy atom. The lowest BCUT2D eigenvalue weighted by atomic mass is 10.1. The number of rotatable bonds is 5. The van der Waals surface area contributed by atoms with Gasteiger partial charge in [0.25, 0.3) is 0 Å². The molecule has 6 aromatic rings. The highest BCUT2D eigenvalue weighted by Crippen LogP contribution is 2.34. The van der Waals surface area contributed by atoms with Crippen LogP contribution < -0.4 is 5.32 Å². The van der Waals surface area contributed by atoms with Gasteiger partial charge in [-0.25, -0.2) is 9.97 Å². The van der Waals surface area contributed by atoms with E-state index >= 15 is 0 Å². The number of carbonyl (C=O) groups is 1. The number of nitrogens with zero attached hydrogens (tertiary/aromatic N) is 5. The number of nitrogens with one attached hydrogen (secondary N) is 3. The van der Waals surface area contributed by atoms with Gasteiger partial charge in [-0.05, 0) is 37.1 Å². The first-order valence-corrected chi connectivity index (χ1v) is 13.1. The molecule has 0 radical (unpaired) electrons. The lowest BCUT2D eigenvalue weighted by molar-refractivity contribution is -0.119. The third-order valence-electron chi connectivity index (χ3n) is 6.94. The number of halogens is 1. The largest absolute Gasteiger partial charge is 0.335 e. The SMILES string of the molecule is O=C(Nc1cncc(-c2cnc3n[nH]c(-c4nc5c(-c6ccc(F)s6)cncc5[nH]4)c3c2)c1)C1CCCC1. The molecule has 1 saturated carbocycles. The van der Waals surface area contributed by atoms with Crippen LogP contribution in [-0.2, 0) is 4.79 Å². The number of carbonyl (C=O) groups excluding carboxylic acids is 1. The van der Waals surface area contributed by atoms with Crippen molar-refractivity contribution in [3.63, 3.8) is 0 Å². The van der Waals surface area contributed by atoms with E-state index in [0.717, 1.165) is 69.5 Å². The van der Waals surface area contributed by atoms with Gasteiger partial charge in [0.2, 0.25) is 5.91 Å². The molecule has 0 unspecified atom stereocenters. The lowest BCUT2D eigenvalue weighted by Gasteiger charge is -2.11. The Hall–Kier alpha value is -4.51. The fourth-order valence-electron chi connectivity index (χ4n) is 5.03. The second-order valence-corrected chi connectivity index (χ2v) is 10.4. The van der Waals surface area contributed by atoms with E-state index in [2.05, 4.69) is 35.5 Å². The number of pyridine rings is 3. The van der Waals surface area contributed by atoms with Gasteiger partial charge in [-0.3, -0.25) is 19.9 Å². The van der Waals surface area contributed by atoms with E-state index in [1.54, 1.807) is 37.1 Å². The number of aromatic nitrogens is 7. The summed E-state index contributed by atoms with van der Waals surface area (Å²) >= 11 is 1.05. The van der Waals surface area contributed by atoms with Gasteiger partial charge in [0, 0.05) is 46.1 Å². The van der Waals surface area contributed by atoms with E-state index in [4.69, 9.17) is 4.98 Å². The fourth-order valence-corrected chi connectivity index (χ4v) is 5.77. The third kappa shape index (κ3) is 4.01. The van der Waals surface area contributed by atoms with Crippen molar-refractivity contribution in [2.24, 2.45) is 5.92 Å². The van der Waals surface area contributed by atoms with Crippen LogP contribution in [0.2, 0.25) is 0 Å². The van der Waals surface area contributed by atoms with Crippen LogP contribution in [0.1, 0.15) is 25.7 Å². The fraction of sp³-hybridized carbons (Fsp3) is 0.185. The maximum absolute atomic E-state index is 13.7. The number of H-pyrrole nitrogens is 2. The zero-order valence-corrected chi connectivity index (χ0v) is 20.8. The zero-order valence-electron chi connectivity index (χ0n) is 20.0. The molecule has 0 bridgehead atoms. The summed E-state index contributed by atoms with van der Waals surface area (Å²) in [6.07, 6.45) is 12.6. The first-order valence-electron chi connectivity index (χ1n) is 12.3. The van der Waals surface area contributed by atoms with Crippen molar-refractivity contribution >= 4 is 45.0 Å². The van der Waals surface area contributed by atoms with Crippen LogP contribution in [-0.4, -0.2) is 41.0 Å². The number of hydrogen-bond acceptors (Lipinski definition) is 7. The highest BCUT2D eigenvalue weighted by molar-refractivity contribution is 7.14. The van der Waals surface area contributed by atoms with Gasteiger partial charge < -0.3 is 10.3 Å². The summed E-state index contributed by atoms with van der Waals surface area (Å²) in [4.78, 5) is 34.6.